The van der Waals surface area contributed by atoms with Gasteiger partial charge >= 0.3 is 0 Å². The lowest BCUT2D eigenvalue weighted by molar-refractivity contribution is 0.0595. The Morgan fingerprint density at radius 3 is 2.17 bits per heavy atom. The van der Waals surface area contributed by atoms with Gasteiger partial charge < -0.3 is 29.9 Å². The van der Waals surface area contributed by atoms with Crippen molar-refractivity contribution in [2.24, 2.45) is 11.3 Å². The fraction of sp³-hybridized carbons (Fsp3) is 0.639. The first kappa shape index (κ1) is 36.6. The quantitative estimate of drug-likeness (QED) is 0.335. The first-order valence-electron chi connectivity index (χ1n) is 17.0. The Morgan fingerprint density at radius 1 is 0.804 bits per heavy atom. The minimum atomic E-state index is -0.275. The van der Waals surface area contributed by atoms with Crippen LogP contribution in [0, 0.1) is 17.2 Å². The average Bonchev–Trinajstić information content (AvgIpc) is 3.54. The summed E-state index contributed by atoms with van der Waals surface area (Å²) in [6.07, 6.45) is 7.32. The number of hydrogen-bond acceptors (Lipinski definition) is 6. The molecule has 46 heavy (non-hydrogen) atoms. The van der Waals surface area contributed by atoms with E-state index >= 15 is 0 Å². The minimum absolute atomic E-state index is 0. The molecule has 1 aliphatic carbocycles. The number of carbonyl (C=O) groups excluding carboxylic acids is 1. The third kappa shape index (κ3) is 9.00. The summed E-state index contributed by atoms with van der Waals surface area (Å²) in [5.41, 5.74) is 3.16. The van der Waals surface area contributed by atoms with Crippen molar-refractivity contribution in [1.82, 2.24) is 15.5 Å². The van der Waals surface area contributed by atoms with Gasteiger partial charge in [-0.3, -0.25) is 4.79 Å². The molecule has 0 unspecified atom stereocenters. The maximum Gasteiger partial charge on any atom is 0.253 e. The molecule has 10 heteroatoms. The Bertz CT molecular complexity index is 1280. The van der Waals surface area contributed by atoms with Gasteiger partial charge in [-0.25, -0.2) is 4.39 Å². The molecule has 0 bridgehead atoms. The van der Waals surface area contributed by atoms with Crippen LogP contribution in [-0.4, -0.2) is 75.4 Å². The first-order chi connectivity index (χ1) is 21.2. The molecule has 4 fully saturated rings. The lowest BCUT2D eigenvalue weighted by atomic mass is 9.68. The van der Waals surface area contributed by atoms with E-state index in [1.54, 1.807) is 6.07 Å². The van der Waals surface area contributed by atoms with Gasteiger partial charge in [0.1, 0.15) is 29.5 Å². The number of ether oxygens (including phenoxy) is 2. The first-order valence-corrected chi connectivity index (χ1v) is 17.0. The summed E-state index contributed by atoms with van der Waals surface area (Å²) >= 11 is 0. The van der Waals surface area contributed by atoms with Crippen LogP contribution in [0.5, 0.6) is 11.5 Å². The van der Waals surface area contributed by atoms with Crippen LogP contribution in [-0.2, 0) is 0 Å². The van der Waals surface area contributed by atoms with Gasteiger partial charge in [-0.15, -0.1) is 24.8 Å². The summed E-state index contributed by atoms with van der Waals surface area (Å²) in [7, 11) is 0. The van der Waals surface area contributed by atoms with Crippen molar-refractivity contribution in [3.8, 4) is 11.5 Å². The molecule has 1 atom stereocenters. The smallest absolute Gasteiger partial charge is 0.253 e. The average molecular weight is 680 g/mol. The van der Waals surface area contributed by atoms with Crippen LogP contribution < -0.4 is 25.0 Å². The number of carbonyl (C=O) groups is 1. The summed E-state index contributed by atoms with van der Waals surface area (Å²) < 4.78 is 27.3. The molecule has 4 aliphatic rings. The molecule has 0 spiro atoms. The molecule has 0 aromatic heterocycles. The Labute approximate surface area is 287 Å². The highest BCUT2D eigenvalue weighted by Crippen LogP contribution is 2.45. The summed E-state index contributed by atoms with van der Waals surface area (Å²) in [5.74, 6) is 2.48. The van der Waals surface area contributed by atoms with Crippen LogP contribution in [0.3, 0.4) is 0 Å². The van der Waals surface area contributed by atoms with Gasteiger partial charge in [0.05, 0.1) is 0 Å². The normalized spacial score (nSPS) is 24.1. The third-order valence-electron chi connectivity index (χ3n) is 10.3. The maximum absolute atomic E-state index is 14.5. The standard InChI is InChI=1S/C36H51FN4O3.2ClH/c1-36(2,3)27-7-4-25(5-8-27)33-20-26(6-9-34(33)44-31-10-13-39-24-31)35(42)41-16-11-30(12-17-41)43-32-22-28(37)21-29(23-32)40-18-14-38-15-19-40;;/h6,9,20-23,25,27,30-31,38-39H,4-5,7-8,10-19,24H2,1-3H3;2*1H/t25?,27?,31-;;/m0../s1. The largest absolute Gasteiger partial charge is 0.490 e. The number of hydrogen-bond donors (Lipinski definition) is 2. The van der Waals surface area contributed by atoms with Crippen LogP contribution in [0.15, 0.2) is 36.4 Å². The van der Waals surface area contributed by atoms with E-state index in [9.17, 15) is 9.18 Å². The summed E-state index contributed by atoms with van der Waals surface area (Å²) in [6, 6.07) is 11.2. The number of halogens is 3. The minimum Gasteiger partial charge on any atom is -0.490 e. The summed E-state index contributed by atoms with van der Waals surface area (Å²) in [4.78, 5) is 17.9. The number of piperidine rings is 1. The Kier molecular flexibility index (Phi) is 12.9. The molecule has 2 aromatic carbocycles. The van der Waals surface area contributed by atoms with Crippen LogP contribution in [0.25, 0.3) is 0 Å². The van der Waals surface area contributed by atoms with Crippen molar-refractivity contribution in [1.29, 1.82) is 0 Å². The van der Waals surface area contributed by atoms with Gasteiger partial charge in [-0.1, -0.05) is 20.8 Å². The number of rotatable bonds is 7. The molecule has 7 nitrogen and oxygen atoms in total. The van der Waals surface area contributed by atoms with Gasteiger partial charge in [0.2, 0.25) is 0 Å². The van der Waals surface area contributed by atoms with E-state index in [-0.39, 0.29) is 48.7 Å². The van der Waals surface area contributed by atoms with E-state index in [0.717, 1.165) is 94.3 Å². The Hall–Kier alpha value is -2.26. The van der Waals surface area contributed by atoms with Gasteiger partial charge in [-0.05, 0) is 85.7 Å². The summed E-state index contributed by atoms with van der Waals surface area (Å²) in [6.45, 7) is 13.7. The second-order valence-electron chi connectivity index (χ2n) is 14.4. The zero-order valence-electron chi connectivity index (χ0n) is 27.7. The number of nitrogens with zero attached hydrogens (tertiary/aromatic N) is 2. The van der Waals surface area contributed by atoms with Gasteiger partial charge in [-0.2, -0.15) is 0 Å². The predicted octanol–water partition coefficient (Wildman–Crippen LogP) is 6.82. The van der Waals surface area contributed by atoms with Crippen LogP contribution in [0.4, 0.5) is 10.1 Å². The highest BCUT2D eigenvalue weighted by Gasteiger charge is 2.33. The lowest BCUT2D eigenvalue weighted by Gasteiger charge is -2.37. The fourth-order valence-electron chi connectivity index (χ4n) is 7.56. The highest BCUT2D eigenvalue weighted by atomic mass is 35.5. The number of nitrogens with one attached hydrogen (secondary N) is 2. The molecule has 3 aliphatic heterocycles. The van der Waals surface area contributed by atoms with Crippen molar-refractivity contribution in [3.63, 3.8) is 0 Å². The SMILES string of the molecule is CC(C)(C)C1CCC(c2cc(C(=O)N3CCC(Oc4cc(F)cc(N5CCNCC5)c4)CC3)ccc2O[C@H]2CCNC2)CC1.Cl.Cl. The molecule has 1 amide bonds. The summed E-state index contributed by atoms with van der Waals surface area (Å²) in [5, 5.41) is 6.75. The van der Waals surface area contributed by atoms with Crippen LogP contribution >= 0.6 is 24.8 Å². The fourth-order valence-corrected chi connectivity index (χ4v) is 7.56. The van der Waals surface area contributed by atoms with Crippen molar-refractivity contribution in [3.05, 3.63) is 53.3 Å². The van der Waals surface area contributed by atoms with Gasteiger partial charge in [0.15, 0.2) is 0 Å². The second kappa shape index (κ2) is 16.2. The molecule has 1 saturated carbocycles. The Balaban J connectivity index is 0.00000240. The van der Waals surface area contributed by atoms with Gasteiger partial charge in [0.25, 0.3) is 5.91 Å². The van der Waals surface area contributed by atoms with Crippen LogP contribution in [0.2, 0.25) is 0 Å². The zero-order valence-corrected chi connectivity index (χ0v) is 29.3. The van der Waals surface area contributed by atoms with Crippen molar-refractivity contribution >= 4 is 36.4 Å². The molecule has 6 rings (SSSR count). The van der Waals surface area contributed by atoms with E-state index in [0.29, 0.717) is 30.2 Å². The molecule has 3 heterocycles. The number of likely N-dealkylation sites (tertiary alicyclic amines) is 1. The van der Waals surface area contributed by atoms with E-state index in [1.807, 2.05) is 23.1 Å². The number of piperazine rings is 1. The number of amides is 1. The predicted molar refractivity (Wildman–Crippen MR) is 188 cm³/mol. The number of anilines is 1. The monoisotopic (exact) mass is 678 g/mol. The van der Waals surface area contributed by atoms with E-state index < -0.39 is 0 Å². The molecule has 2 aromatic rings. The van der Waals surface area contributed by atoms with Gasteiger partial charge in [0, 0.05) is 82.0 Å². The van der Waals surface area contributed by atoms with E-state index in [2.05, 4.69) is 42.4 Å². The van der Waals surface area contributed by atoms with E-state index in [4.69, 9.17) is 9.47 Å². The topological polar surface area (TPSA) is 66.1 Å². The van der Waals surface area contributed by atoms with E-state index in [1.165, 1.54) is 24.5 Å². The van der Waals surface area contributed by atoms with Crippen molar-refractivity contribution < 1.29 is 18.7 Å². The molecule has 3 saturated heterocycles. The van der Waals surface area contributed by atoms with Crippen LogP contribution in [0.1, 0.15) is 87.6 Å². The zero-order chi connectivity index (χ0) is 30.7. The molecule has 256 valence electrons. The highest BCUT2D eigenvalue weighted by molar-refractivity contribution is 5.94. The molecule has 0 radical (unpaired) electrons. The second-order valence-corrected chi connectivity index (χ2v) is 14.4. The molecular formula is C36H53Cl2FN4O3. The maximum atomic E-state index is 14.5. The third-order valence-corrected chi connectivity index (χ3v) is 10.3. The lowest BCUT2D eigenvalue weighted by Crippen LogP contribution is -2.43. The Morgan fingerprint density at radius 2 is 1.52 bits per heavy atom. The van der Waals surface area contributed by atoms with Crippen molar-refractivity contribution in [2.75, 3.05) is 57.3 Å². The van der Waals surface area contributed by atoms with Crippen molar-refractivity contribution in [2.45, 2.75) is 83.8 Å². The molecule has 2 N–H and O–H groups in total. The number of benzene rings is 2. The molecular weight excluding hydrogens is 626 g/mol.